The molecule has 0 aliphatic carbocycles. The van der Waals surface area contributed by atoms with Crippen LogP contribution in [0.4, 0.5) is 5.00 Å². The van der Waals surface area contributed by atoms with Crippen molar-refractivity contribution in [2.75, 3.05) is 31.5 Å². The lowest BCUT2D eigenvalue weighted by Crippen LogP contribution is -2.31. The lowest BCUT2D eigenvalue weighted by atomic mass is 10.0. The minimum Gasteiger partial charge on any atom is -0.312 e. The Morgan fingerprint density at radius 3 is 2.55 bits per heavy atom. The van der Waals surface area contributed by atoms with E-state index in [2.05, 4.69) is 23.2 Å². The third-order valence-electron chi connectivity index (χ3n) is 5.88. The highest BCUT2D eigenvalue weighted by atomic mass is 32.2. The maximum atomic E-state index is 12.9. The van der Waals surface area contributed by atoms with Gasteiger partial charge in [0.05, 0.1) is 10.5 Å². The Labute approximate surface area is 201 Å². The molecule has 1 aliphatic heterocycles. The van der Waals surface area contributed by atoms with Gasteiger partial charge in [-0.3, -0.25) is 9.69 Å². The van der Waals surface area contributed by atoms with Crippen LogP contribution in [0, 0.1) is 11.3 Å². The summed E-state index contributed by atoms with van der Waals surface area (Å²) in [6, 6.07) is 8.27. The molecule has 1 aromatic carbocycles. The summed E-state index contributed by atoms with van der Waals surface area (Å²) in [6.07, 6.45) is 3.60. The van der Waals surface area contributed by atoms with Crippen LogP contribution in [0.2, 0.25) is 0 Å². The molecule has 2 heterocycles. The number of rotatable bonds is 10. The van der Waals surface area contributed by atoms with Crippen LogP contribution in [0.15, 0.2) is 29.2 Å². The number of benzene rings is 1. The van der Waals surface area contributed by atoms with E-state index < -0.39 is 10.0 Å². The van der Waals surface area contributed by atoms with Crippen molar-refractivity contribution < 1.29 is 13.2 Å². The summed E-state index contributed by atoms with van der Waals surface area (Å²) in [7, 11) is -3.59. The number of fused-ring (bicyclic) bond motifs is 1. The largest absolute Gasteiger partial charge is 0.312 e. The van der Waals surface area contributed by atoms with E-state index >= 15 is 0 Å². The fourth-order valence-electron chi connectivity index (χ4n) is 4.06. The number of carbonyl (C=O) groups is 1. The van der Waals surface area contributed by atoms with E-state index in [0.717, 1.165) is 55.8 Å². The van der Waals surface area contributed by atoms with E-state index in [9.17, 15) is 18.5 Å². The highest BCUT2D eigenvalue weighted by Gasteiger charge is 2.26. The van der Waals surface area contributed by atoms with Crippen molar-refractivity contribution in [3.05, 3.63) is 45.8 Å². The highest BCUT2D eigenvalue weighted by molar-refractivity contribution is 7.89. The molecule has 1 N–H and O–H groups in total. The molecular formula is C24H32N4O3S2. The first-order valence-electron chi connectivity index (χ1n) is 11.5. The molecule has 0 atom stereocenters. The number of hydrogen-bond acceptors (Lipinski definition) is 6. The van der Waals surface area contributed by atoms with Crippen LogP contribution in [0.5, 0.6) is 0 Å². The van der Waals surface area contributed by atoms with Gasteiger partial charge in [0.15, 0.2) is 0 Å². The van der Waals surface area contributed by atoms with E-state index in [1.807, 2.05) is 13.8 Å². The normalized spacial score (nSPS) is 14.2. The van der Waals surface area contributed by atoms with Crippen molar-refractivity contribution in [2.24, 2.45) is 0 Å². The molecule has 9 heteroatoms. The predicted octanol–water partition coefficient (Wildman–Crippen LogP) is 4.45. The second-order valence-electron chi connectivity index (χ2n) is 8.17. The number of nitrogens with one attached hydrogen (secondary N) is 1. The van der Waals surface area contributed by atoms with Gasteiger partial charge in [0.2, 0.25) is 10.0 Å². The first-order chi connectivity index (χ1) is 15.8. The maximum Gasteiger partial charge on any atom is 0.256 e. The van der Waals surface area contributed by atoms with E-state index in [-0.39, 0.29) is 10.8 Å². The fraction of sp³-hybridized carbons (Fsp3) is 0.500. The Balaban J connectivity index is 1.76. The summed E-state index contributed by atoms with van der Waals surface area (Å²) in [4.78, 5) is 16.5. The predicted molar refractivity (Wildman–Crippen MR) is 132 cm³/mol. The van der Waals surface area contributed by atoms with Crippen molar-refractivity contribution in [1.82, 2.24) is 9.21 Å². The zero-order valence-electron chi connectivity index (χ0n) is 19.6. The van der Waals surface area contributed by atoms with Gasteiger partial charge in [-0.15, -0.1) is 11.3 Å². The summed E-state index contributed by atoms with van der Waals surface area (Å²) in [5.74, 6) is -0.349. The highest BCUT2D eigenvalue weighted by Crippen LogP contribution is 2.37. The molecule has 3 rings (SSSR count). The standard InChI is InChI=1S/C24H32N4O3S2/c1-4-7-14-28(6-3)33(30,31)19-10-8-18(9-11-19)23(29)26-24-21(16-25)20-12-15-27(13-5-2)17-22(20)32-24/h8-11H,4-7,12-15,17H2,1-3H3,(H,26,29). The lowest BCUT2D eigenvalue weighted by Gasteiger charge is -2.26. The number of carbonyl (C=O) groups excluding carboxylic acids is 1. The molecule has 0 saturated carbocycles. The Kier molecular flexibility index (Phi) is 8.65. The van der Waals surface area contributed by atoms with Gasteiger partial charge < -0.3 is 5.32 Å². The number of hydrogen-bond donors (Lipinski definition) is 1. The topological polar surface area (TPSA) is 93.5 Å². The van der Waals surface area contributed by atoms with Crippen LogP contribution in [0.3, 0.4) is 0 Å². The van der Waals surface area contributed by atoms with Gasteiger partial charge in [0, 0.05) is 36.6 Å². The van der Waals surface area contributed by atoms with Gasteiger partial charge >= 0.3 is 0 Å². The molecule has 0 spiro atoms. The first-order valence-corrected chi connectivity index (χ1v) is 13.8. The van der Waals surface area contributed by atoms with Crippen LogP contribution in [0.1, 0.15) is 66.4 Å². The van der Waals surface area contributed by atoms with E-state index in [1.165, 1.54) is 39.9 Å². The number of sulfonamides is 1. The second-order valence-corrected chi connectivity index (χ2v) is 11.2. The minimum absolute atomic E-state index is 0.178. The van der Waals surface area contributed by atoms with Gasteiger partial charge in [0.1, 0.15) is 11.1 Å². The molecule has 0 fully saturated rings. The fourth-order valence-corrected chi connectivity index (χ4v) is 6.78. The zero-order chi connectivity index (χ0) is 24.0. The minimum atomic E-state index is -3.59. The number of nitriles is 1. The average Bonchev–Trinajstić information content (AvgIpc) is 3.15. The Morgan fingerprint density at radius 2 is 1.94 bits per heavy atom. The van der Waals surface area contributed by atoms with Gasteiger partial charge in [-0.1, -0.05) is 27.2 Å². The summed E-state index contributed by atoms with van der Waals surface area (Å²) >= 11 is 1.46. The quantitative estimate of drug-likeness (QED) is 0.533. The summed E-state index contributed by atoms with van der Waals surface area (Å²) < 4.78 is 27.3. The summed E-state index contributed by atoms with van der Waals surface area (Å²) in [5, 5.41) is 13.1. The molecule has 2 aromatic rings. The first kappa shape index (κ1) is 25.4. The Morgan fingerprint density at radius 1 is 1.21 bits per heavy atom. The van der Waals surface area contributed by atoms with Crippen molar-refractivity contribution in [3.8, 4) is 6.07 Å². The SMILES string of the molecule is CCCCN(CC)S(=O)(=O)c1ccc(C(=O)Nc2sc3c(c2C#N)CCN(CCC)C3)cc1. The van der Waals surface area contributed by atoms with Crippen LogP contribution >= 0.6 is 11.3 Å². The number of nitrogens with zero attached hydrogens (tertiary/aromatic N) is 3. The smallest absolute Gasteiger partial charge is 0.256 e. The van der Waals surface area contributed by atoms with Crippen molar-refractivity contribution in [2.45, 2.75) is 57.9 Å². The van der Waals surface area contributed by atoms with E-state index in [1.54, 1.807) is 0 Å². The van der Waals surface area contributed by atoms with Crippen LogP contribution < -0.4 is 5.32 Å². The molecule has 0 bridgehead atoms. The molecule has 0 radical (unpaired) electrons. The van der Waals surface area contributed by atoms with E-state index in [4.69, 9.17) is 0 Å². The third-order valence-corrected chi connectivity index (χ3v) is 9.00. The molecule has 7 nitrogen and oxygen atoms in total. The van der Waals surface area contributed by atoms with Crippen molar-refractivity contribution in [3.63, 3.8) is 0 Å². The number of amides is 1. The zero-order valence-corrected chi connectivity index (χ0v) is 21.2. The van der Waals surface area contributed by atoms with Crippen molar-refractivity contribution >= 4 is 32.3 Å². The van der Waals surface area contributed by atoms with Gasteiger partial charge in [-0.25, -0.2) is 8.42 Å². The molecule has 1 amide bonds. The van der Waals surface area contributed by atoms with Crippen LogP contribution in [-0.2, 0) is 23.0 Å². The second kappa shape index (κ2) is 11.3. The molecular weight excluding hydrogens is 456 g/mol. The molecule has 1 aromatic heterocycles. The molecule has 1 aliphatic rings. The Bertz CT molecular complexity index is 1120. The van der Waals surface area contributed by atoms with E-state index in [0.29, 0.717) is 29.2 Å². The van der Waals surface area contributed by atoms with Gasteiger partial charge in [-0.05, 0) is 55.6 Å². The van der Waals surface area contributed by atoms with Crippen LogP contribution in [0.25, 0.3) is 0 Å². The summed E-state index contributed by atoms with van der Waals surface area (Å²) in [5.41, 5.74) is 1.94. The molecule has 0 saturated heterocycles. The van der Waals surface area contributed by atoms with Gasteiger partial charge in [-0.2, -0.15) is 9.57 Å². The molecule has 33 heavy (non-hydrogen) atoms. The average molecular weight is 489 g/mol. The third kappa shape index (κ3) is 5.64. The number of unbranched alkanes of at least 4 members (excludes halogenated alkanes) is 1. The molecule has 178 valence electrons. The molecule has 0 unspecified atom stereocenters. The monoisotopic (exact) mass is 488 g/mol. The maximum absolute atomic E-state index is 12.9. The van der Waals surface area contributed by atoms with Gasteiger partial charge in [0.25, 0.3) is 5.91 Å². The Hall–Kier alpha value is -2.25. The van der Waals surface area contributed by atoms with Crippen molar-refractivity contribution in [1.29, 1.82) is 5.26 Å². The lowest BCUT2D eigenvalue weighted by molar-refractivity contribution is 0.102. The van der Waals surface area contributed by atoms with Crippen LogP contribution in [-0.4, -0.2) is 49.7 Å². The number of anilines is 1. The number of thiophene rings is 1. The summed E-state index contributed by atoms with van der Waals surface area (Å²) in [6.45, 7) is 9.62.